The molecule has 9 nitrogen and oxygen atoms in total. The smallest absolute Gasteiger partial charge is 0.270 e. The van der Waals surface area contributed by atoms with Gasteiger partial charge in [-0.2, -0.15) is 5.10 Å². The third-order valence-corrected chi connectivity index (χ3v) is 5.76. The van der Waals surface area contributed by atoms with Crippen molar-refractivity contribution < 1.29 is 19.1 Å². The van der Waals surface area contributed by atoms with Crippen molar-refractivity contribution in [3.05, 3.63) is 83.8 Å². The molecule has 2 atom stereocenters. The fourth-order valence-corrected chi connectivity index (χ4v) is 3.97. The maximum atomic E-state index is 13.0. The van der Waals surface area contributed by atoms with Gasteiger partial charge >= 0.3 is 0 Å². The number of benzene rings is 1. The van der Waals surface area contributed by atoms with Crippen LogP contribution in [-0.4, -0.2) is 56.1 Å². The summed E-state index contributed by atoms with van der Waals surface area (Å²) in [6, 6.07) is 13.2. The number of aliphatic hydroxyl groups is 1. The van der Waals surface area contributed by atoms with Crippen LogP contribution in [0.3, 0.4) is 0 Å². The lowest BCUT2D eigenvalue weighted by Gasteiger charge is -2.28. The molecule has 0 bridgehead atoms. The first kappa shape index (κ1) is 22.0. The Kier molecular flexibility index (Phi) is 6.20. The maximum Gasteiger partial charge on any atom is 0.270 e. The molecule has 5 rings (SSSR count). The lowest BCUT2D eigenvalue weighted by molar-refractivity contribution is -0.0261. The van der Waals surface area contributed by atoms with E-state index in [1.165, 1.54) is 0 Å². The topological polar surface area (TPSA) is 115 Å². The Bertz CT molecular complexity index is 1270. The van der Waals surface area contributed by atoms with Crippen molar-refractivity contribution in [2.75, 3.05) is 13.2 Å². The van der Waals surface area contributed by atoms with E-state index in [4.69, 9.17) is 9.15 Å². The monoisotopic (exact) mass is 459 g/mol. The summed E-state index contributed by atoms with van der Waals surface area (Å²) >= 11 is 0. The Hall–Kier alpha value is -3.82. The van der Waals surface area contributed by atoms with Crippen molar-refractivity contribution in [2.24, 2.45) is 0 Å². The first-order chi connectivity index (χ1) is 16.5. The number of amides is 1. The minimum Gasteiger partial charge on any atom is -0.449 e. The number of hydrogen-bond acceptors (Lipinski definition) is 7. The molecule has 0 aliphatic carbocycles. The van der Waals surface area contributed by atoms with Gasteiger partial charge in [0, 0.05) is 31.5 Å². The highest BCUT2D eigenvalue weighted by atomic mass is 16.5. The summed E-state index contributed by atoms with van der Waals surface area (Å²) in [6.45, 7) is 2.52. The van der Waals surface area contributed by atoms with Crippen molar-refractivity contribution in [1.29, 1.82) is 0 Å². The standard InChI is InChI=1S/C25H25N5O4/c1-16-27-22(14-34-16)19-5-3-17(4-6-19)11-18-12-21(28-24(13-18)30-9-2-8-26-30)25(32)29-20-7-10-33-15-23(20)31/h2-6,8-9,12-14,20,23,31H,7,10-11,15H2,1H3,(H,29,32)/t20-,23-/m0/s1. The second-order valence-corrected chi connectivity index (χ2v) is 8.31. The molecule has 1 saturated heterocycles. The number of rotatable bonds is 6. The SMILES string of the molecule is Cc1nc(-c2ccc(Cc3cc(C(=O)N[C@H]4CCOC[C@@H]4O)nc(-n4cccn4)c3)cc2)co1. The highest BCUT2D eigenvalue weighted by molar-refractivity contribution is 5.93. The van der Waals surface area contributed by atoms with E-state index in [0.717, 1.165) is 22.4 Å². The molecule has 0 unspecified atom stereocenters. The predicted molar refractivity (Wildman–Crippen MR) is 124 cm³/mol. The summed E-state index contributed by atoms with van der Waals surface area (Å²) in [5, 5.41) is 17.3. The molecule has 34 heavy (non-hydrogen) atoms. The van der Waals surface area contributed by atoms with Gasteiger partial charge in [0.1, 0.15) is 17.7 Å². The van der Waals surface area contributed by atoms with Crippen LogP contribution in [0.4, 0.5) is 0 Å². The van der Waals surface area contributed by atoms with Crippen LogP contribution < -0.4 is 5.32 Å². The molecule has 0 spiro atoms. The van der Waals surface area contributed by atoms with E-state index in [0.29, 0.717) is 31.2 Å². The molecule has 0 radical (unpaired) electrons. The van der Waals surface area contributed by atoms with Gasteiger partial charge in [0.15, 0.2) is 11.7 Å². The van der Waals surface area contributed by atoms with Gasteiger partial charge < -0.3 is 19.6 Å². The number of carbonyl (C=O) groups is 1. The Balaban J connectivity index is 1.40. The lowest BCUT2D eigenvalue weighted by Crippen LogP contribution is -2.48. The number of nitrogens with zero attached hydrogens (tertiary/aromatic N) is 4. The normalized spacial score (nSPS) is 18.1. The zero-order valence-electron chi connectivity index (χ0n) is 18.7. The Morgan fingerprint density at radius 1 is 1.21 bits per heavy atom. The van der Waals surface area contributed by atoms with E-state index in [1.54, 1.807) is 35.5 Å². The zero-order chi connectivity index (χ0) is 23.5. The Morgan fingerprint density at radius 2 is 2.06 bits per heavy atom. The van der Waals surface area contributed by atoms with Crippen LogP contribution in [0.25, 0.3) is 17.1 Å². The molecule has 1 aliphatic rings. The van der Waals surface area contributed by atoms with Gasteiger partial charge in [-0.1, -0.05) is 24.3 Å². The quantitative estimate of drug-likeness (QED) is 0.455. The number of hydrogen-bond donors (Lipinski definition) is 2. The van der Waals surface area contributed by atoms with Gasteiger partial charge in [0.2, 0.25) is 0 Å². The number of aliphatic hydroxyl groups excluding tert-OH is 1. The van der Waals surface area contributed by atoms with Crippen LogP contribution in [0.2, 0.25) is 0 Å². The van der Waals surface area contributed by atoms with Crippen LogP contribution in [0, 0.1) is 6.92 Å². The van der Waals surface area contributed by atoms with Gasteiger partial charge in [0.05, 0.1) is 18.8 Å². The number of nitrogens with one attached hydrogen (secondary N) is 1. The largest absolute Gasteiger partial charge is 0.449 e. The number of ether oxygens (including phenoxy) is 1. The third-order valence-electron chi connectivity index (χ3n) is 5.76. The van der Waals surface area contributed by atoms with E-state index in [2.05, 4.69) is 20.4 Å². The number of carbonyl (C=O) groups excluding carboxylic acids is 1. The van der Waals surface area contributed by atoms with Crippen molar-refractivity contribution in [3.63, 3.8) is 0 Å². The number of oxazole rings is 1. The lowest BCUT2D eigenvalue weighted by atomic mass is 10.0. The number of aryl methyl sites for hydroxylation is 1. The average Bonchev–Trinajstić information content (AvgIpc) is 3.53. The zero-order valence-corrected chi connectivity index (χ0v) is 18.7. The summed E-state index contributed by atoms with van der Waals surface area (Å²) < 4.78 is 12.2. The molecule has 0 saturated carbocycles. The van der Waals surface area contributed by atoms with E-state index >= 15 is 0 Å². The van der Waals surface area contributed by atoms with Crippen LogP contribution in [0.15, 0.2) is 65.5 Å². The van der Waals surface area contributed by atoms with Crippen molar-refractivity contribution in [1.82, 2.24) is 25.1 Å². The molecular weight excluding hydrogens is 434 g/mol. The summed E-state index contributed by atoms with van der Waals surface area (Å²) in [7, 11) is 0. The molecule has 9 heteroatoms. The predicted octanol–water partition coefficient (Wildman–Crippen LogP) is 2.70. The molecule has 4 heterocycles. The van der Waals surface area contributed by atoms with Gasteiger partial charge in [-0.15, -0.1) is 0 Å². The van der Waals surface area contributed by atoms with Crippen molar-refractivity contribution in [2.45, 2.75) is 31.9 Å². The van der Waals surface area contributed by atoms with E-state index in [-0.39, 0.29) is 24.2 Å². The highest BCUT2D eigenvalue weighted by Gasteiger charge is 2.26. The van der Waals surface area contributed by atoms with Gasteiger partial charge in [0.25, 0.3) is 5.91 Å². The molecule has 4 aromatic rings. The van der Waals surface area contributed by atoms with E-state index in [1.807, 2.05) is 37.3 Å². The highest BCUT2D eigenvalue weighted by Crippen LogP contribution is 2.21. The molecular formula is C25H25N5O4. The fraction of sp³-hybridized carbons (Fsp3) is 0.280. The number of aromatic nitrogens is 4. The summed E-state index contributed by atoms with van der Waals surface area (Å²) in [5.41, 5.74) is 4.04. The first-order valence-electron chi connectivity index (χ1n) is 11.1. The van der Waals surface area contributed by atoms with Gasteiger partial charge in [-0.3, -0.25) is 4.79 Å². The van der Waals surface area contributed by atoms with E-state index < -0.39 is 6.10 Å². The summed E-state index contributed by atoms with van der Waals surface area (Å²) in [5.74, 6) is 0.842. The second kappa shape index (κ2) is 9.58. The van der Waals surface area contributed by atoms with Crippen LogP contribution in [-0.2, 0) is 11.2 Å². The molecule has 1 amide bonds. The van der Waals surface area contributed by atoms with Gasteiger partial charge in [-0.05, 0) is 42.2 Å². The fourth-order valence-electron chi connectivity index (χ4n) is 3.97. The third kappa shape index (κ3) is 4.90. The second-order valence-electron chi connectivity index (χ2n) is 8.31. The molecule has 1 aliphatic heterocycles. The maximum absolute atomic E-state index is 13.0. The van der Waals surface area contributed by atoms with Gasteiger partial charge in [-0.25, -0.2) is 14.6 Å². The minimum absolute atomic E-state index is 0.209. The summed E-state index contributed by atoms with van der Waals surface area (Å²) in [4.78, 5) is 21.9. The van der Waals surface area contributed by atoms with Crippen molar-refractivity contribution >= 4 is 5.91 Å². The molecule has 3 aromatic heterocycles. The average molecular weight is 460 g/mol. The Morgan fingerprint density at radius 3 is 2.76 bits per heavy atom. The summed E-state index contributed by atoms with van der Waals surface area (Å²) in [6.07, 6.45) is 5.51. The minimum atomic E-state index is -0.738. The molecule has 2 N–H and O–H groups in total. The molecule has 1 fully saturated rings. The van der Waals surface area contributed by atoms with Crippen LogP contribution in [0.5, 0.6) is 0 Å². The first-order valence-corrected chi connectivity index (χ1v) is 11.1. The number of pyridine rings is 1. The van der Waals surface area contributed by atoms with Crippen LogP contribution >= 0.6 is 0 Å². The van der Waals surface area contributed by atoms with Crippen molar-refractivity contribution in [3.8, 4) is 17.1 Å². The van der Waals surface area contributed by atoms with Crippen LogP contribution in [0.1, 0.15) is 33.9 Å². The molecule has 174 valence electrons. The molecule has 1 aromatic carbocycles. The Labute approximate surface area is 196 Å². The van der Waals surface area contributed by atoms with E-state index in [9.17, 15) is 9.90 Å².